The Morgan fingerprint density at radius 2 is 2.00 bits per heavy atom. The third-order valence-corrected chi connectivity index (χ3v) is 4.30. The van der Waals surface area contributed by atoms with Gasteiger partial charge in [-0.25, -0.2) is 9.48 Å². The first-order valence-electron chi connectivity index (χ1n) is 9.55. The van der Waals surface area contributed by atoms with Crippen LogP contribution in [0.5, 0.6) is 0 Å². The van der Waals surface area contributed by atoms with E-state index in [-0.39, 0.29) is 24.5 Å². The first-order chi connectivity index (χ1) is 14.4. The van der Waals surface area contributed by atoms with Crippen molar-refractivity contribution in [3.63, 3.8) is 0 Å². The normalized spacial score (nSPS) is 17.4. The van der Waals surface area contributed by atoms with Gasteiger partial charge in [0, 0.05) is 6.54 Å². The number of aromatic nitrogens is 2. The van der Waals surface area contributed by atoms with Crippen molar-refractivity contribution < 1.29 is 32.2 Å². The molecule has 1 fully saturated rings. The van der Waals surface area contributed by atoms with Gasteiger partial charge in [-0.15, -0.1) is 0 Å². The Morgan fingerprint density at radius 1 is 1.26 bits per heavy atom. The second-order valence-electron chi connectivity index (χ2n) is 8.00. The van der Waals surface area contributed by atoms with E-state index in [1.54, 1.807) is 20.8 Å². The van der Waals surface area contributed by atoms with Crippen molar-refractivity contribution in [2.45, 2.75) is 38.7 Å². The van der Waals surface area contributed by atoms with E-state index in [4.69, 9.17) is 9.47 Å². The summed E-state index contributed by atoms with van der Waals surface area (Å²) in [6, 6.07) is 4.67. The van der Waals surface area contributed by atoms with Crippen LogP contribution in [0.2, 0.25) is 0 Å². The van der Waals surface area contributed by atoms with Crippen LogP contribution >= 0.6 is 0 Å². The fraction of sp³-hybridized carbons (Fsp3) is 0.450. The summed E-state index contributed by atoms with van der Waals surface area (Å²) in [5.41, 5.74) is -0.991. The molecule has 2 heterocycles. The number of anilines is 1. The van der Waals surface area contributed by atoms with E-state index in [0.29, 0.717) is 6.54 Å². The highest BCUT2D eigenvalue weighted by Gasteiger charge is 2.32. The molecule has 0 spiro atoms. The molecular weight excluding hydrogens is 417 g/mol. The molecule has 0 saturated carbocycles. The van der Waals surface area contributed by atoms with Gasteiger partial charge in [0.05, 0.1) is 42.5 Å². The molecule has 1 saturated heterocycles. The number of amides is 2. The number of alkyl halides is 3. The topological polar surface area (TPSA) is 85.7 Å². The summed E-state index contributed by atoms with van der Waals surface area (Å²) < 4.78 is 50.7. The average molecular weight is 440 g/mol. The summed E-state index contributed by atoms with van der Waals surface area (Å²) >= 11 is 0. The number of ether oxygens (including phenoxy) is 2. The summed E-state index contributed by atoms with van der Waals surface area (Å²) in [4.78, 5) is 26.2. The van der Waals surface area contributed by atoms with Gasteiger partial charge in [0.25, 0.3) is 5.91 Å². The second-order valence-corrected chi connectivity index (χ2v) is 8.00. The molecular formula is C20H23F3N4O4. The van der Waals surface area contributed by atoms with Crippen molar-refractivity contribution in [2.75, 3.05) is 25.0 Å². The molecule has 1 aliphatic heterocycles. The molecule has 0 unspecified atom stereocenters. The minimum Gasteiger partial charge on any atom is -0.444 e. The standard InChI is InChI=1S/C20H23F3N4O4/c1-19(2,3)31-18(29)26-7-8-30-16(12-26)17(28)25-14-10-24-27(11-14)15-6-4-5-13(9-15)20(21,22)23/h4-6,9-11,16H,7-8,12H2,1-3H3,(H,25,28)/t16-/m0/s1. The van der Waals surface area contributed by atoms with Gasteiger partial charge in [0.1, 0.15) is 5.60 Å². The Bertz CT molecular complexity index is 952. The SMILES string of the molecule is CC(C)(C)OC(=O)N1CCO[C@H](C(=O)Nc2cnn(-c3cccc(C(F)(F)F)c3)c2)C1. The van der Waals surface area contributed by atoms with Crippen molar-refractivity contribution in [3.05, 3.63) is 42.2 Å². The summed E-state index contributed by atoms with van der Waals surface area (Å²) in [7, 11) is 0. The molecule has 1 atom stereocenters. The molecule has 11 heteroatoms. The number of benzene rings is 1. The lowest BCUT2D eigenvalue weighted by atomic mass is 10.2. The molecule has 8 nitrogen and oxygen atoms in total. The van der Waals surface area contributed by atoms with Crippen LogP contribution in [0.15, 0.2) is 36.7 Å². The quantitative estimate of drug-likeness (QED) is 0.790. The van der Waals surface area contributed by atoms with Gasteiger partial charge in [-0.2, -0.15) is 18.3 Å². The lowest BCUT2D eigenvalue weighted by Gasteiger charge is -2.33. The first kappa shape index (κ1) is 22.6. The maximum absolute atomic E-state index is 12.9. The maximum Gasteiger partial charge on any atom is 0.416 e. The van der Waals surface area contributed by atoms with Gasteiger partial charge in [0.2, 0.25) is 0 Å². The highest BCUT2D eigenvalue weighted by atomic mass is 19.4. The highest BCUT2D eigenvalue weighted by molar-refractivity contribution is 5.94. The number of carbonyl (C=O) groups is 2. The van der Waals surface area contributed by atoms with E-state index < -0.39 is 35.4 Å². The highest BCUT2D eigenvalue weighted by Crippen LogP contribution is 2.30. The summed E-state index contributed by atoms with van der Waals surface area (Å²) in [5, 5.41) is 6.61. The van der Waals surface area contributed by atoms with Crippen LogP contribution in [0.25, 0.3) is 5.69 Å². The molecule has 2 aromatic rings. The van der Waals surface area contributed by atoms with Gasteiger partial charge >= 0.3 is 12.3 Å². The van der Waals surface area contributed by atoms with Crippen molar-refractivity contribution in [2.24, 2.45) is 0 Å². The van der Waals surface area contributed by atoms with E-state index in [9.17, 15) is 22.8 Å². The van der Waals surface area contributed by atoms with Crippen LogP contribution in [0.1, 0.15) is 26.3 Å². The van der Waals surface area contributed by atoms with E-state index in [1.165, 1.54) is 34.1 Å². The van der Waals surface area contributed by atoms with Crippen molar-refractivity contribution >= 4 is 17.7 Å². The summed E-state index contributed by atoms with van der Waals surface area (Å²) in [6.07, 6.45) is -3.23. The third-order valence-electron chi connectivity index (χ3n) is 4.30. The van der Waals surface area contributed by atoms with Crippen LogP contribution < -0.4 is 5.32 Å². The van der Waals surface area contributed by atoms with Crippen LogP contribution in [0.3, 0.4) is 0 Å². The number of carbonyl (C=O) groups excluding carboxylic acids is 2. The average Bonchev–Trinajstić information content (AvgIpc) is 3.15. The monoisotopic (exact) mass is 440 g/mol. The smallest absolute Gasteiger partial charge is 0.416 e. The molecule has 3 rings (SSSR count). The van der Waals surface area contributed by atoms with Gasteiger partial charge in [-0.05, 0) is 39.0 Å². The van der Waals surface area contributed by atoms with Crippen molar-refractivity contribution in [1.82, 2.24) is 14.7 Å². The number of hydrogen-bond acceptors (Lipinski definition) is 5. The van der Waals surface area contributed by atoms with Gasteiger partial charge in [0.15, 0.2) is 6.10 Å². The zero-order valence-corrected chi connectivity index (χ0v) is 17.3. The molecule has 0 radical (unpaired) electrons. The van der Waals surface area contributed by atoms with E-state index in [1.807, 2.05) is 0 Å². The number of morpholine rings is 1. The third kappa shape index (κ3) is 5.97. The fourth-order valence-corrected chi connectivity index (χ4v) is 2.88. The molecule has 1 aromatic heterocycles. The molecule has 0 aliphatic carbocycles. The lowest BCUT2D eigenvalue weighted by molar-refractivity contribution is -0.137. The van der Waals surface area contributed by atoms with Crippen LogP contribution in [-0.4, -0.2) is 58.1 Å². The van der Waals surface area contributed by atoms with E-state index >= 15 is 0 Å². The molecule has 168 valence electrons. The number of rotatable bonds is 3. The second kappa shape index (κ2) is 8.58. The lowest BCUT2D eigenvalue weighted by Crippen LogP contribution is -2.51. The Hall–Kier alpha value is -3.08. The first-order valence-corrected chi connectivity index (χ1v) is 9.55. The number of nitrogens with one attached hydrogen (secondary N) is 1. The molecule has 1 aromatic carbocycles. The largest absolute Gasteiger partial charge is 0.444 e. The Morgan fingerprint density at radius 3 is 2.68 bits per heavy atom. The fourth-order valence-electron chi connectivity index (χ4n) is 2.88. The predicted molar refractivity (Wildman–Crippen MR) is 105 cm³/mol. The van der Waals surface area contributed by atoms with Crippen molar-refractivity contribution in [3.8, 4) is 5.69 Å². The Labute approximate surface area is 176 Å². The van der Waals surface area contributed by atoms with Crippen LogP contribution in [-0.2, 0) is 20.4 Å². The Kier molecular flexibility index (Phi) is 6.25. The summed E-state index contributed by atoms with van der Waals surface area (Å²) in [6.45, 7) is 5.72. The number of halogens is 3. The minimum atomic E-state index is -4.47. The van der Waals surface area contributed by atoms with Gasteiger partial charge in [-0.1, -0.05) is 6.07 Å². The zero-order chi connectivity index (χ0) is 22.8. The predicted octanol–water partition coefficient (Wildman–Crippen LogP) is 3.47. The van der Waals surface area contributed by atoms with Gasteiger partial charge in [-0.3, -0.25) is 4.79 Å². The summed E-state index contributed by atoms with van der Waals surface area (Å²) in [5.74, 6) is -0.503. The number of hydrogen-bond donors (Lipinski definition) is 1. The zero-order valence-electron chi connectivity index (χ0n) is 17.3. The molecule has 0 bridgehead atoms. The molecule has 1 aliphatic rings. The minimum absolute atomic E-state index is 0.0164. The molecule has 2 amide bonds. The molecule has 31 heavy (non-hydrogen) atoms. The van der Waals surface area contributed by atoms with Crippen LogP contribution in [0, 0.1) is 0 Å². The van der Waals surface area contributed by atoms with Crippen molar-refractivity contribution in [1.29, 1.82) is 0 Å². The van der Waals surface area contributed by atoms with E-state index in [2.05, 4.69) is 10.4 Å². The van der Waals surface area contributed by atoms with E-state index in [0.717, 1.165) is 12.1 Å². The number of nitrogens with zero attached hydrogens (tertiary/aromatic N) is 3. The Balaban J connectivity index is 1.64. The molecule has 1 N–H and O–H groups in total. The maximum atomic E-state index is 12.9. The van der Waals surface area contributed by atoms with Gasteiger partial charge < -0.3 is 19.7 Å². The van der Waals surface area contributed by atoms with Crippen LogP contribution in [0.4, 0.5) is 23.7 Å².